The maximum atomic E-state index is 5.10. The monoisotopic (exact) mass is 141 g/mol. The molecule has 1 unspecified atom stereocenters. The van der Waals surface area contributed by atoms with Crippen molar-refractivity contribution in [2.75, 3.05) is 13.6 Å². The maximum absolute atomic E-state index is 5.10. The van der Waals surface area contributed by atoms with Gasteiger partial charge in [0.15, 0.2) is 6.10 Å². The highest BCUT2D eigenvalue weighted by atomic mass is 32.1. The molecule has 0 amide bonds. The lowest BCUT2D eigenvalue weighted by Gasteiger charge is -2.02. The second-order valence-electron chi connectivity index (χ2n) is 1.92. The van der Waals surface area contributed by atoms with Crippen molar-refractivity contribution in [1.29, 1.82) is 0 Å². The van der Waals surface area contributed by atoms with Crippen LogP contribution in [-0.4, -0.2) is 29.8 Å². The van der Waals surface area contributed by atoms with Crippen molar-refractivity contribution in [2.24, 2.45) is 0 Å². The zero-order chi connectivity index (χ0) is 6.85. The van der Waals surface area contributed by atoms with E-state index in [1.54, 1.807) is 0 Å². The molecule has 1 aliphatic rings. The van der Waals surface area contributed by atoms with Crippen molar-refractivity contribution in [2.45, 2.75) is 6.10 Å². The lowest BCUT2D eigenvalue weighted by atomic mass is 10.4. The summed E-state index contributed by atoms with van der Waals surface area (Å²) in [7, 11) is 1.86. The van der Waals surface area contributed by atoms with E-state index in [1.165, 1.54) is 0 Å². The minimum atomic E-state index is -0.137. The van der Waals surface area contributed by atoms with E-state index in [2.05, 4.69) is 5.92 Å². The van der Waals surface area contributed by atoms with Crippen LogP contribution >= 0.6 is 12.2 Å². The SMILES string of the molecule is C#CC1CN(C)C(=S)O1. The number of ether oxygens (including phenoxy) is 1. The van der Waals surface area contributed by atoms with Crippen LogP contribution < -0.4 is 0 Å². The van der Waals surface area contributed by atoms with Gasteiger partial charge in [0.1, 0.15) is 0 Å². The van der Waals surface area contributed by atoms with Crippen LogP contribution in [0, 0.1) is 12.3 Å². The molecule has 0 aromatic heterocycles. The Labute approximate surface area is 59.8 Å². The predicted molar refractivity (Wildman–Crippen MR) is 38.9 cm³/mol. The number of likely N-dealkylation sites (N-methyl/N-ethyl adjacent to an activating group) is 1. The van der Waals surface area contributed by atoms with Crippen molar-refractivity contribution in [3.05, 3.63) is 0 Å². The summed E-state index contributed by atoms with van der Waals surface area (Å²) in [5.74, 6) is 2.47. The van der Waals surface area contributed by atoms with Crippen LogP contribution in [0.5, 0.6) is 0 Å². The first-order chi connectivity index (χ1) is 4.24. The fourth-order valence-corrected chi connectivity index (χ4v) is 0.850. The first-order valence-electron chi connectivity index (χ1n) is 2.62. The number of terminal acetylenes is 1. The molecule has 9 heavy (non-hydrogen) atoms. The summed E-state index contributed by atoms with van der Waals surface area (Å²) >= 11 is 4.79. The molecule has 0 saturated carbocycles. The molecule has 1 heterocycles. The molecular formula is C6H7NOS. The van der Waals surface area contributed by atoms with Gasteiger partial charge in [-0.3, -0.25) is 0 Å². The molecule has 1 fully saturated rings. The highest BCUT2D eigenvalue weighted by molar-refractivity contribution is 7.80. The van der Waals surface area contributed by atoms with E-state index in [9.17, 15) is 0 Å². The molecule has 1 aliphatic heterocycles. The van der Waals surface area contributed by atoms with Gasteiger partial charge in [-0.25, -0.2) is 0 Å². The first kappa shape index (κ1) is 6.37. The van der Waals surface area contributed by atoms with Crippen LogP contribution in [0.2, 0.25) is 0 Å². The summed E-state index contributed by atoms with van der Waals surface area (Å²) in [4.78, 5) is 1.82. The number of thiocarbonyl (C=S) groups is 1. The number of hydrogen-bond donors (Lipinski definition) is 0. The summed E-state index contributed by atoms with van der Waals surface area (Å²) in [6.07, 6.45) is 4.96. The molecule has 0 aromatic rings. The van der Waals surface area contributed by atoms with Gasteiger partial charge in [-0.05, 0) is 12.2 Å². The quantitative estimate of drug-likeness (QED) is 0.354. The average molecular weight is 141 g/mol. The van der Waals surface area contributed by atoms with Gasteiger partial charge in [0.2, 0.25) is 0 Å². The van der Waals surface area contributed by atoms with Crippen LogP contribution in [-0.2, 0) is 4.74 Å². The number of nitrogens with zero attached hydrogens (tertiary/aromatic N) is 1. The summed E-state index contributed by atoms with van der Waals surface area (Å²) in [6, 6.07) is 0. The van der Waals surface area contributed by atoms with Crippen LogP contribution in [0.25, 0.3) is 0 Å². The standard InChI is InChI=1S/C6H7NOS/c1-3-5-4-7(2)6(9)8-5/h1,5H,4H2,2H3. The molecule has 0 radical (unpaired) electrons. The Morgan fingerprint density at radius 3 is 2.89 bits per heavy atom. The molecule has 1 atom stereocenters. The van der Waals surface area contributed by atoms with Gasteiger partial charge in [-0.2, -0.15) is 0 Å². The van der Waals surface area contributed by atoms with Gasteiger partial charge in [0.25, 0.3) is 5.17 Å². The molecule has 2 nitrogen and oxygen atoms in total. The fraction of sp³-hybridized carbons (Fsp3) is 0.500. The molecular weight excluding hydrogens is 134 g/mol. The van der Waals surface area contributed by atoms with E-state index in [4.69, 9.17) is 23.4 Å². The molecule has 3 heteroatoms. The Morgan fingerprint density at radius 2 is 2.67 bits per heavy atom. The summed E-state index contributed by atoms with van der Waals surface area (Å²) < 4.78 is 5.04. The second-order valence-corrected chi connectivity index (χ2v) is 2.27. The summed E-state index contributed by atoms with van der Waals surface area (Å²) in [5, 5.41) is 0.498. The molecule has 0 bridgehead atoms. The lowest BCUT2D eigenvalue weighted by Crippen LogP contribution is -2.18. The van der Waals surface area contributed by atoms with Gasteiger partial charge in [-0.15, -0.1) is 6.42 Å². The topological polar surface area (TPSA) is 12.5 Å². The smallest absolute Gasteiger partial charge is 0.260 e. The maximum Gasteiger partial charge on any atom is 0.260 e. The van der Waals surface area contributed by atoms with E-state index < -0.39 is 0 Å². The molecule has 48 valence electrons. The number of rotatable bonds is 0. The van der Waals surface area contributed by atoms with Crippen molar-refractivity contribution < 1.29 is 4.74 Å². The molecule has 0 aliphatic carbocycles. The van der Waals surface area contributed by atoms with Gasteiger partial charge in [0.05, 0.1) is 6.54 Å². The average Bonchev–Trinajstić information content (AvgIpc) is 2.13. The van der Waals surface area contributed by atoms with Crippen LogP contribution in [0.1, 0.15) is 0 Å². The molecule has 0 spiro atoms. The van der Waals surface area contributed by atoms with Gasteiger partial charge < -0.3 is 9.64 Å². The number of hydrogen-bond acceptors (Lipinski definition) is 2. The van der Waals surface area contributed by atoms with Crippen LogP contribution in [0.3, 0.4) is 0 Å². The van der Waals surface area contributed by atoms with Crippen molar-refractivity contribution in [3.63, 3.8) is 0 Å². The third-order valence-corrected chi connectivity index (χ3v) is 1.59. The Balaban J connectivity index is 2.57. The summed E-state index contributed by atoms with van der Waals surface area (Å²) in [6.45, 7) is 0.718. The zero-order valence-corrected chi connectivity index (χ0v) is 5.94. The lowest BCUT2D eigenvalue weighted by molar-refractivity contribution is 0.296. The largest absolute Gasteiger partial charge is 0.452 e. The molecule has 0 N–H and O–H groups in total. The van der Waals surface area contributed by atoms with E-state index in [-0.39, 0.29) is 6.10 Å². The van der Waals surface area contributed by atoms with Gasteiger partial charge >= 0.3 is 0 Å². The van der Waals surface area contributed by atoms with Crippen molar-refractivity contribution >= 4 is 17.4 Å². The van der Waals surface area contributed by atoms with Crippen molar-refractivity contribution in [1.82, 2.24) is 4.90 Å². The second kappa shape index (κ2) is 2.24. The minimum absolute atomic E-state index is 0.137. The van der Waals surface area contributed by atoms with E-state index in [1.807, 2.05) is 11.9 Å². The van der Waals surface area contributed by atoms with E-state index in [0.717, 1.165) is 6.54 Å². The minimum Gasteiger partial charge on any atom is -0.452 e. The normalized spacial score (nSPS) is 25.6. The molecule has 1 rings (SSSR count). The molecule has 1 saturated heterocycles. The Hall–Kier alpha value is -0.750. The Kier molecular flexibility index (Phi) is 1.58. The van der Waals surface area contributed by atoms with Crippen molar-refractivity contribution in [3.8, 4) is 12.3 Å². The fourth-order valence-electron chi connectivity index (χ4n) is 0.659. The third-order valence-electron chi connectivity index (χ3n) is 1.18. The van der Waals surface area contributed by atoms with Crippen LogP contribution in [0.4, 0.5) is 0 Å². The summed E-state index contributed by atoms with van der Waals surface area (Å²) in [5.41, 5.74) is 0. The predicted octanol–water partition coefficient (Wildman–Crippen LogP) is 0.235. The third kappa shape index (κ3) is 1.14. The highest BCUT2D eigenvalue weighted by Crippen LogP contribution is 2.06. The van der Waals surface area contributed by atoms with Gasteiger partial charge in [-0.1, -0.05) is 5.92 Å². The zero-order valence-electron chi connectivity index (χ0n) is 5.13. The Bertz CT molecular complexity index is 172. The van der Waals surface area contributed by atoms with Gasteiger partial charge in [0, 0.05) is 7.05 Å². The van der Waals surface area contributed by atoms with E-state index >= 15 is 0 Å². The Morgan fingerprint density at radius 1 is 2.00 bits per heavy atom. The van der Waals surface area contributed by atoms with Crippen LogP contribution in [0.15, 0.2) is 0 Å². The first-order valence-corrected chi connectivity index (χ1v) is 3.02. The molecule has 0 aromatic carbocycles. The highest BCUT2D eigenvalue weighted by Gasteiger charge is 2.22. The van der Waals surface area contributed by atoms with E-state index in [0.29, 0.717) is 5.17 Å².